The number of rotatable bonds is 15. The Morgan fingerprint density at radius 1 is 0.808 bits per heavy atom. The first kappa shape index (κ1) is 20.4. The first-order valence-electron chi connectivity index (χ1n) is 10.4. The summed E-state index contributed by atoms with van der Waals surface area (Å²) in [7, 11) is 0. The lowest BCUT2D eigenvalue weighted by atomic mass is 10.0. The maximum Gasteiger partial charge on any atom is 0.0935 e. The molecule has 0 atom stereocenters. The van der Waals surface area contributed by atoms with Crippen LogP contribution < -0.4 is 0 Å². The molecule has 2 heterocycles. The molecule has 0 fully saturated rings. The topological polar surface area (TPSA) is 11.4 Å². The van der Waals surface area contributed by atoms with Gasteiger partial charge in [0.2, 0.25) is 0 Å². The van der Waals surface area contributed by atoms with Gasteiger partial charge in [-0.3, -0.25) is 0 Å². The van der Waals surface area contributed by atoms with Gasteiger partial charge in [-0.25, -0.2) is 0 Å². The predicted molar refractivity (Wildman–Crippen MR) is 113 cm³/mol. The largest absolute Gasteiger partial charge is 0.358 e. The zero-order chi connectivity index (χ0) is 18.5. The molecule has 0 saturated carbocycles. The van der Waals surface area contributed by atoms with E-state index in [4.69, 9.17) is 0 Å². The van der Waals surface area contributed by atoms with E-state index >= 15 is 0 Å². The summed E-state index contributed by atoms with van der Waals surface area (Å²) in [6, 6.07) is 2.21. The van der Waals surface area contributed by atoms with Crippen LogP contribution in [0.3, 0.4) is 0 Å². The summed E-state index contributed by atoms with van der Waals surface area (Å²) >= 11 is 0. The molecule has 0 bridgehead atoms. The summed E-state index contributed by atoms with van der Waals surface area (Å²) < 4.78 is 2.03. The smallest absolute Gasteiger partial charge is 0.0935 e. The minimum atomic E-state index is 0.976. The SMILES string of the molecule is C=CN1C=CN(CCCCCCCCCCCCc2ccn(C=C)c2)C1. The Labute approximate surface area is 160 Å². The third kappa shape index (κ3) is 7.99. The Hall–Kier alpha value is -1.90. The molecular weight excluding hydrogens is 318 g/mol. The number of hydrogen-bond donors (Lipinski definition) is 0. The summed E-state index contributed by atoms with van der Waals surface area (Å²) in [5.41, 5.74) is 1.44. The van der Waals surface area contributed by atoms with Crippen molar-refractivity contribution >= 4 is 6.20 Å². The van der Waals surface area contributed by atoms with Gasteiger partial charge in [-0.1, -0.05) is 64.5 Å². The highest BCUT2D eigenvalue weighted by molar-refractivity contribution is 5.23. The molecule has 0 unspecified atom stereocenters. The molecule has 0 saturated heterocycles. The fourth-order valence-corrected chi connectivity index (χ4v) is 3.53. The van der Waals surface area contributed by atoms with Crippen molar-refractivity contribution in [1.29, 1.82) is 0 Å². The predicted octanol–water partition coefficient (Wildman–Crippen LogP) is 6.22. The standard InChI is InChI=1S/C23H37N3/c1-3-24-18-16-23(21-24)15-13-11-9-7-5-6-8-10-12-14-17-26-20-19-25(4-2)22-26/h3-4,16,18-21H,1-2,5-15,17,22H2. The fourth-order valence-electron chi connectivity index (χ4n) is 3.53. The molecule has 0 amide bonds. The summed E-state index contributed by atoms with van der Waals surface area (Å²) in [4.78, 5) is 4.49. The van der Waals surface area contributed by atoms with Gasteiger partial charge in [-0.15, -0.1) is 0 Å². The Kier molecular flexibility index (Phi) is 9.78. The lowest BCUT2D eigenvalue weighted by Gasteiger charge is -2.18. The highest BCUT2D eigenvalue weighted by Crippen LogP contribution is 2.14. The van der Waals surface area contributed by atoms with Crippen molar-refractivity contribution in [3.05, 3.63) is 55.8 Å². The van der Waals surface area contributed by atoms with Gasteiger partial charge >= 0.3 is 0 Å². The molecule has 1 aromatic heterocycles. The van der Waals surface area contributed by atoms with E-state index in [2.05, 4.69) is 53.8 Å². The van der Waals surface area contributed by atoms with Crippen LogP contribution in [-0.4, -0.2) is 27.6 Å². The fraction of sp³-hybridized carbons (Fsp3) is 0.565. The van der Waals surface area contributed by atoms with Crippen LogP contribution in [-0.2, 0) is 6.42 Å². The zero-order valence-corrected chi connectivity index (χ0v) is 16.5. The van der Waals surface area contributed by atoms with Crippen LogP contribution in [0.25, 0.3) is 6.20 Å². The molecule has 0 radical (unpaired) electrons. The first-order chi connectivity index (χ1) is 12.8. The van der Waals surface area contributed by atoms with Crippen LogP contribution in [0.4, 0.5) is 0 Å². The third-order valence-corrected chi connectivity index (χ3v) is 5.20. The molecule has 2 rings (SSSR count). The summed E-state index contributed by atoms with van der Waals surface area (Å²) in [6.07, 6.45) is 27.3. The first-order valence-corrected chi connectivity index (χ1v) is 10.4. The highest BCUT2D eigenvalue weighted by atomic mass is 15.3. The maximum atomic E-state index is 3.80. The van der Waals surface area contributed by atoms with Gasteiger partial charge < -0.3 is 14.4 Å². The second-order valence-electron chi connectivity index (χ2n) is 7.38. The Balaban J connectivity index is 1.31. The van der Waals surface area contributed by atoms with Crippen molar-refractivity contribution in [3.8, 4) is 0 Å². The maximum absolute atomic E-state index is 3.80. The van der Waals surface area contributed by atoms with E-state index in [-0.39, 0.29) is 0 Å². The van der Waals surface area contributed by atoms with Gasteiger partial charge in [-0.2, -0.15) is 0 Å². The van der Waals surface area contributed by atoms with E-state index in [9.17, 15) is 0 Å². The van der Waals surface area contributed by atoms with E-state index in [0.29, 0.717) is 0 Å². The summed E-state index contributed by atoms with van der Waals surface area (Å²) in [6.45, 7) is 9.74. The lowest BCUT2D eigenvalue weighted by Crippen LogP contribution is -2.22. The van der Waals surface area contributed by atoms with Crippen molar-refractivity contribution in [2.24, 2.45) is 0 Å². The number of unbranched alkanes of at least 4 members (excludes halogenated alkanes) is 9. The van der Waals surface area contributed by atoms with Crippen molar-refractivity contribution in [2.75, 3.05) is 13.2 Å². The molecular formula is C23H37N3. The molecule has 1 aliphatic heterocycles. The number of aryl methyl sites for hydroxylation is 1. The average Bonchev–Trinajstić information content (AvgIpc) is 3.31. The van der Waals surface area contributed by atoms with E-state index < -0.39 is 0 Å². The number of nitrogens with zero attached hydrogens (tertiary/aromatic N) is 3. The molecule has 1 aromatic rings. The molecule has 0 N–H and O–H groups in total. The summed E-state index contributed by atoms with van der Waals surface area (Å²) in [5.74, 6) is 0. The van der Waals surface area contributed by atoms with Crippen LogP contribution in [0, 0.1) is 0 Å². The van der Waals surface area contributed by atoms with Crippen LogP contribution in [0.2, 0.25) is 0 Å². The Morgan fingerprint density at radius 2 is 1.46 bits per heavy atom. The number of aromatic nitrogens is 1. The monoisotopic (exact) mass is 355 g/mol. The van der Waals surface area contributed by atoms with Crippen molar-refractivity contribution in [2.45, 2.75) is 70.6 Å². The molecule has 26 heavy (non-hydrogen) atoms. The van der Waals surface area contributed by atoms with Crippen LogP contribution in [0.15, 0.2) is 50.2 Å². The van der Waals surface area contributed by atoms with Gasteiger partial charge in [-0.05, 0) is 37.1 Å². The van der Waals surface area contributed by atoms with Crippen LogP contribution >= 0.6 is 0 Å². The zero-order valence-electron chi connectivity index (χ0n) is 16.5. The molecule has 0 aliphatic carbocycles. The van der Waals surface area contributed by atoms with Gasteiger partial charge in [0.15, 0.2) is 0 Å². The van der Waals surface area contributed by atoms with Crippen molar-refractivity contribution in [3.63, 3.8) is 0 Å². The van der Waals surface area contributed by atoms with Crippen LogP contribution in [0.1, 0.15) is 69.8 Å². The van der Waals surface area contributed by atoms with E-state index in [0.717, 1.165) is 6.67 Å². The normalized spacial score (nSPS) is 13.5. The van der Waals surface area contributed by atoms with E-state index in [1.54, 1.807) is 0 Å². The Morgan fingerprint density at radius 3 is 2.04 bits per heavy atom. The average molecular weight is 356 g/mol. The quantitative estimate of drug-likeness (QED) is 0.346. The van der Waals surface area contributed by atoms with Crippen LogP contribution in [0.5, 0.6) is 0 Å². The molecule has 3 heteroatoms. The second-order valence-corrected chi connectivity index (χ2v) is 7.38. The Bertz CT molecular complexity index is 543. The molecule has 0 spiro atoms. The van der Waals surface area contributed by atoms with Gasteiger partial charge in [0.1, 0.15) is 0 Å². The van der Waals surface area contributed by atoms with Crippen molar-refractivity contribution in [1.82, 2.24) is 14.4 Å². The van der Waals surface area contributed by atoms with Crippen molar-refractivity contribution < 1.29 is 0 Å². The summed E-state index contributed by atoms with van der Waals surface area (Å²) in [5, 5.41) is 0. The second kappa shape index (κ2) is 12.5. The van der Waals surface area contributed by atoms with E-state index in [1.165, 1.54) is 82.7 Å². The minimum Gasteiger partial charge on any atom is -0.358 e. The lowest BCUT2D eigenvalue weighted by molar-refractivity contribution is 0.307. The molecule has 1 aliphatic rings. The third-order valence-electron chi connectivity index (χ3n) is 5.20. The minimum absolute atomic E-state index is 0.976. The molecule has 144 valence electrons. The molecule has 3 nitrogen and oxygen atoms in total. The van der Waals surface area contributed by atoms with Gasteiger partial charge in [0.25, 0.3) is 0 Å². The number of hydrogen-bond acceptors (Lipinski definition) is 2. The van der Waals surface area contributed by atoms with Gasteiger partial charge in [0.05, 0.1) is 6.67 Å². The highest BCUT2D eigenvalue weighted by Gasteiger charge is 2.08. The molecule has 0 aromatic carbocycles. The van der Waals surface area contributed by atoms with E-state index in [1.807, 2.05) is 17.0 Å². The van der Waals surface area contributed by atoms with Gasteiger partial charge in [0, 0.05) is 37.5 Å².